The first kappa shape index (κ1) is 24.5. The molecule has 0 bridgehead atoms. The molecular weight excluding hydrogens is 490 g/mol. The van der Waals surface area contributed by atoms with Gasteiger partial charge in [-0.05, 0) is 13.0 Å². The van der Waals surface area contributed by atoms with Crippen LogP contribution in [0.25, 0.3) is 17.0 Å². The standard InChI is InChI=1S/C25H23N9O4/c1-15-22(34(37)38)20(31(2)30-15)13-26-24(36)18-12-27-32(3)23(18)21(35)11-17-9-10-33-14-19(29-25(33)28-17)16-7-5-4-6-8-16/h4-10,12,14H,11,13H2,1-3H3,(H,26,36). The van der Waals surface area contributed by atoms with E-state index >= 15 is 0 Å². The molecule has 13 heteroatoms. The topological polar surface area (TPSA) is 155 Å². The Labute approximate surface area is 215 Å². The van der Waals surface area contributed by atoms with E-state index in [0.29, 0.717) is 11.5 Å². The molecule has 13 nitrogen and oxygen atoms in total. The second-order valence-corrected chi connectivity index (χ2v) is 8.69. The lowest BCUT2D eigenvalue weighted by Gasteiger charge is -2.07. The monoisotopic (exact) mass is 513 g/mol. The van der Waals surface area contributed by atoms with Crippen LogP contribution >= 0.6 is 0 Å². The molecule has 1 N–H and O–H groups in total. The molecule has 0 unspecified atom stereocenters. The van der Waals surface area contributed by atoms with Crippen molar-refractivity contribution in [2.24, 2.45) is 14.1 Å². The van der Waals surface area contributed by atoms with E-state index in [1.807, 2.05) is 36.5 Å². The van der Waals surface area contributed by atoms with Gasteiger partial charge in [-0.2, -0.15) is 10.2 Å². The third kappa shape index (κ3) is 4.52. The maximum absolute atomic E-state index is 13.2. The summed E-state index contributed by atoms with van der Waals surface area (Å²) in [6.07, 6.45) is 4.87. The van der Waals surface area contributed by atoms with E-state index in [2.05, 4.69) is 25.5 Å². The number of hydrogen-bond donors (Lipinski definition) is 1. The van der Waals surface area contributed by atoms with Gasteiger partial charge < -0.3 is 5.32 Å². The zero-order chi connectivity index (χ0) is 27.0. The summed E-state index contributed by atoms with van der Waals surface area (Å²) in [6, 6.07) is 11.4. The fourth-order valence-corrected chi connectivity index (χ4v) is 4.33. The first-order valence-corrected chi connectivity index (χ1v) is 11.6. The van der Waals surface area contributed by atoms with Crippen LogP contribution in [0.2, 0.25) is 0 Å². The van der Waals surface area contributed by atoms with Gasteiger partial charge in [-0.25, -0.2) is 9.97 Å². The second-order valence-electron chi connectivity index (χ2n) is 8.69. The summed E-state index contributed by atoms with van der Waals surface area (Å²) in [5.41, 5.74) is 2.69. The van der Waals surface area contributed by atoms with Crippen LogP contribution in [0.4, 0.5) is 5.69 Å². The molecule has 4 aromatic heterocycles. The molecule has 5 aromatic rings. The van der Waals surface area contributed by atoms with Crippen LogP contribution in [0.1, 0.15) is 37.9 Å². The number of aromatic nitrogens is 7. The number of carbonyl (C=O) groups excluding carboxylic acids is 2. The van der Waals surface area contributed by atoms with Crippen molar-refractivity contribution >= 4 is 23.2 Å². The molecule has 5 rings (SSSR count). The van der Waals surface area contributed by atoms with Gasteiger partial charge in [-0.1, -0.05) is 30.3 Å². The molecule has 0 aliphatic carbocycles. The van der Waals surface area contributed by atoms with E-state index in [-0.39, 0.29) is 47.1 Å². The van der Waals surface area contributed by atoms with Gasteiger partial charge in [0.1, 0.15) is 17.1 Å². The molecular formula is C25H23N9O4. The number of nitro groups is 1. The first-order chi connectivity index (χ1) is 18.2. The number of fused-ring (bicyclic) bond motifs is 1. The summed E-state index contributed by atoms with van der Waals surface area (Å²) in [4.78, 5) is 46.2. The van der Waals surface area contributed by atoms with Gasteiger partial charge in [0.2, 0.25) is 5.78 Å². The van der Waals surface area contributed by atoms with E-state index in [1.54, 1.807) is 30.8 Å². The number of ketones is 1. The SMILES string of the molecule is Cc1nn(C)c(CNC(=O)c2cnn(C)c2C(=O)Cc2ccn3cc(-c4ccccc4)nc3n2)c1[N+](=O)[O-]. The number of imidazole rings is 1. The van der Waals surface area contributed by atoms with Crippen molar-refractivity contribution in [3.63, 3.8) is 0 Å². The van der Waals surface area contributed by atoms with E-state index in [1.165, 1.54) is 22.5 Å². The number of carbonyl (C=O) groups is 2. The third-order valence-electron chi connectivity index (χ3n) is 6.15. The first-order valence-electron chi connectivity index (χ1n) is 11.6. The van der Waals surface area contributed by atoms with Crippen molar-refractivity contribution in [1.82, 2.24) is 39.2 Å². The molecule has 0 saturated carbocycles. The Morgan fingerprint density at radius 3 is 2.58 bits per heavy atom. The van der Waals surface area contributed by atoms with Crippen molar-refractivity contribution in [2.45, 2.75) is 19.9 Å². The largest absolute Gasteiger partial charge is 0.346 e. The average Bonchev–Trinajstić information content (AvgIpc) is 3.57. The number of benzene rings is 1. The number of Topliss-reactive ketones (excluding diaryl/α,β-unsaturated/α-hetero) is 1. The van der Waals surface area contributed by atoms with Crippen LogP contribution in [0.15, 0.2) is 55.0 Å². The highest BCUT2D eigenvalue weighted by molar-refractivity contribution is 6.07. The predicted octanol–water partition coefficient (Wildman–Crippen LogP) is 2.44. The van der Waals surface area contributed by atoms with Gasteiger partial charge in [0.25, 0.3) is 5.91 Å². The highest BCUT2D eigenvalue weighted by Crippen LogP contribution is 2.22. The van der Waals surface area contributed by atoms with Crippen LogP contribution in [-0.4, -0.2) is 50.5 Å². The van der Waals surface area contributed by atoms with Crippen molar-refractivity contribution in [2.75, 3.05) is 0 Å². The van der Waals surface area contributed by atoms with Gasteiger partial charge in [0, 0.05) is 32.1 Å². The van der Waals surface area contributed by atoms with E-state index in [9.17, 15) is 19.7 Å². The maximum atomic E-state index is 13.2. The number of amides is 1. The Balaban J connectivity index is 1.34. The number of hydrogen-bond acceptors (Lipinski definition) is 8. The molecule has 0 fully saturated rings. The molecule has 4 heterocycles. The molecule has 0 atom stereocenters. The lowest BCUT2D eigenvalue weighted by Crippen LogP contribution is -2.26. The average molecular weight is 514 g/mol. The fraction of sp³-hybridized carbons (Fsp3) is 0.200. The molecule has 0 aliphatic rings. The van der Waals surface area contributed by atoms with Crippen LogP contribution in [-0.2, 0) is 27.1 Å². The van der Waals surface area contributed by atoms with Crippen LogP contribution in [0.5, 0.6) is 0 Å². The zero-order valence-corrected chi connectivity index (χ0v) is 20.8. The van der Waals surface area contributed by atoms with Crippen LogP contribution < -0.4 is 5.32 Å². The third-order valence-corrected chi connectivity index (χ3v) is 6.15. The molecule has 1 aromatic carbocycles. The molecule has 0 aliphatic heterocycles. The van der Waals surface area contributed by atoms with Gasteiger partial charge in [-0.15, -0.1) is 0 Å². The molecule has 0 spiro atoms. The van der Waals surface area contributed by atoms with E-state index in [0.717, 1.165) is 11.3 Å². The van der Waals surface area contributed by atoms with E-state index < -0.39 is 10.8 Å². The summed E-state index contributed by atoms with van der Waals surface area (Å²) in [6.45, 7) is 1.38. The maximum Gasteiger partial charge on any atom is 0.314 e. The van der Waals surface area contributed by atoms with Crippen LogP contribution in [0.3, 0.4) is 0 Å². The summed E-state index contributed by atoms with van der Waals surface area (Å²) < 4.78 is 4.46. The lowest BCUT2D eigenvalue weighted by molar-refractivity contribution is -0.386. The number of nitrogens with one attached hydrogen (secondary N) is 1. The Hall–Kier alpha value is -5.20. The predicted molar refractivity (Wildman–Crippen MR) is 135 cm³/mol. The van der Waals surface area contributed by atoms with Crippen molar-refractivity contribution in [1.29, 1.82) is 0 Å². The molecule has 0 radical (unpaired) electrons. The van der Waals surface area contributed by atoms with Crippen molar-refractivity contribution in [3.8, 4) is 11.3 Å². The Bertz CT molecular complexity index is 1700. The minimum absolute atomic E-state index is 0.0623. The number of rotatable bonds is 8. The molecule has 192 valence electrons. The summed E-state index contributed by atoms with van der Waals surface area (Å²) in [5, 5.41) is 22.2. The van der Waals surface area contributed by atoms with Gasteiger partial charge >= 0.3 is 5.69 Å². The highest BCUT2D eigenvalue weighted by Gasteiger charge is 2.26. The molecule has 38 heavy (non-hydrogen) atoms. The summed E-state index contributed by atoms with van der Waals surface area (Å²) in [7, 11) is 3.13. The van der Waals surface area contributed by atoms with Crippen molar-refractivity contribution < 1.29 is 14.5 Å². The van der Waals surface area contributed by atoms with Gasteiger partial charge in [0.05, 0.1) is 41.0 Å². The second kappa shape index (κ2) is 9.69. The fourth-order valence-electron chi connectivity index (χ4n) is 4.33. The quantitative estimate of drug-likeness (QED) is 0.188. The van der Waals surface area contributed by atoms with Gasteiger partial charge in [-0.3, -0.25) is 33.5 Å². The molecule has 1 amide bonds. The highest BCUT2D eigenvalue weighted by atomic mass is 16.6. The Kier molecular flexibility index (Phi) is 6.24. The number of aryl methyl sites for hydroxylation is 3. The van der Waals surface area contributed by atoms with E-state index in [4.69, 9.17) is 0 Å². The summed E-state index contributed by atoms with van der Waals surface area (Å²) >= 11 is 0. The Morgan fingerprint density at radius 1 is 1.08 bits per heavy atom. The van der Waals surface area contributed by atoms with Crippen LogP contribution in [0, 0.1) is 17.0 Å². The Morgan fingerprint density at radius 2 is 1.84 bits per heavy atom. The minimum Gasteiger partial charge on any atom is -0.346 e. The van der Waals surface area contributed by atoms with Gasteiger partial charge in [0.15, 0.2) is 5.78 Å². The molecule has 0 saturated heterocycles. The minimum atomic E-state index is -0.584. The lowest BCUT2D eigenvalue weighted by atomic mass is 10.1. The number of nitrogens with zero attached hydrogens (tertiary/aromatic N) is 8. The zero-order valence-electron chi connectivity index (χ0n) is 20.8. The van der Waals surface area contributed by atoms with Crippen molar-refractivity contribution in [3.05, 3.63) is 93.4 Å². The summed E-state index contributed by atoms with van der Waals surface area (Å²) in [5.74, 6) is -0.492. The smallest absolute Gasteiger partial charge is 0.314 e. The normalized spacial score (nSPS) is 11.1.